The zero-order chi connectivity index (χ0) is 24.8. The summed E-state index contributed by atoms with van der Waals surface area (Å²) in [6.45, 7) is 6.17. The normalized spacial score (nSPS) is 13.8. The smallest absolute Gasteiger partial charge is 0.324 e. The fraction of sp³-hybridized carbons (Fsp3) is 0.355. The first-order valence-corrected chi connectivity index (χ1v) is 12.7. The molecule has 0 aliphatic heterocycles. The van der Waals surface area contributed by atoms with Crippen molar-refractivity contribution in [3.8, 4) is 22.3 Å². The predicted octanol–water partition coefficient (Wildman–Crippen LogP) is 6.57. The second-order valence-electron chi connectivity index (χ2n) is 9.13. The Morgan fingerprint density at radius 1 is 0.771 bits per heavy atom. The Morgan fingerprint density at radius 2 is 1.31 bits per heavy atom. The molecule has 1 aliphatic rings. The Labute approximate surface area is 208 Å². The van der Waals surface area contributed by atoms with Crippen LogP contribution in [0.1, 0.15) is 50.3 Å². The van der Waals surface area contributed by atoms with E-state index in [0.29, 0.717) is 0 Å². The van der Waals surface area contributed by atoms with Crippen LogP contribution in [0.4, 0.5) is 0 Å². The second-order valence-corrected chi connectivity index (χ2v) is 9.13. The molecule has 0 saturated carbocycles. The van der Waals surface area contributed by atoms with Gasteiger partial charge in [0, 0.05) is 12.8 Å². The van der Waals surface area contributed by atoms with Crippen LogP contribution in [0.3, 0.4) is 0 Å². The highest BCUT2D eigenvalue weighted by Gasteiger charge is 2.54. The Morgan fingerprint density at radius 3 is 1.86 bits per heavy atom. The van der Waals surface area contributed by atoms with Crippen molar-refractivity contribution in [2.75, 3.05) is 13.2 Å². The highest BCUT2D eigenvalue weighted by molar-refractivity contribution is 6.03. The summed E-state index contributed by atoms with van der Waals surface area (Å²) in [5.74, 6) is -0.995. The van der Waals surface area contributed by atoms with Crippen LogP contribution in [-0.4, -0.2) is 25.2 Å². The average molecular weight is 471 g/mol. The van der Waals surface area contributed by atoms with Crippen molar-refractivity contribution in [2.45, 2.75) is 52.9 Å². The summed E-state index contributed by atoms with van der Waals surface area (Å²) in [6, 6.07) is 22.8. The van der Waals surface area contributed by atoms with Crippen molar-refractivity contribution in [1.82, 2.24) is 0 Å². The monoisotopic (exact) mass is 470 g/mol. The van der Waals surface area contributed by atoms with Crippen LogP contribution in [-0.2, 0) is 38.3 Å². The highest BCUT2D eigenvalue weighted by Crippen LogP contribution is 2.48. The number of fused-ring (bicyclic) bond motifs is 1. The van der Waals surface area contributed by atoms with E-state index in [-0.39, 0.29) is 26.1 Å². The summed E-state index contributed by atoms with van der Waals surface area (Å²) in [6.07, 6.45) is 3.64. The number of rotatable bonds is 9. The van der Waals surface area contributed by atoms with Crippen molar-refractivity contribution in [3.63, 3.8) is 0 Å². The van der Waals surface area contributed by atoms with E-state index in [4.69, 9.17) is 9.47 Å². The molecule has 4 nitrogen and oxygen atoms in total. The van der Waals surface area contributed by atoms with E-state index in [0.717, 1.165) is 52.6 Å². The summed E-state index contributed by atoms with van der Waals surface area (Å²) >= 11 is 0. The van der Waals surface area contributed by atoms with E-state index in [1.165, 1.54) is 5.56 Å². The molecular formula is C31H34O4. The van der Waals surface area contributed by atoms with Crippen LogP contribution in [0.2, 0.25) is 0 Å². The third-order valence-electron chi connectivity index (χ3n) is 6.87. The molecule has 0 atom stereocenters. The maximum Gasteiger partial charge on any atom is 0.324 e. The fourth-order valence-electron chi connectivity index (χ4n) is 5.22. The van der Waals surface area contributed by atoms with Gasteiger partial charge in [0.2, 0.25) is 0 Å². The van der Waals surface area contributed by atoms with Gasteiger partial charge in [0.15, 0.2) is 5.41 Å². The lowest BCUT2D eigenvalue weighted by atomic mass is 9.83. The molecule has 0 fully saturated rings. The lowest BCUT2D eigenvalue weighted by molar-refractivity contribution is -0.171. The van der Waals surface area contributed by atoms with Crippen molar-refractivity contribution < 1.29 is 19.1 Å². The van der Waals surface area contributed by atoms with Crippen molar-refractivity contribution in [3.05, 3.63) is 83.4 Å². The molecule has 3 aromatic carbocycles. The number of carbonyl (C=O) groups is 2. The molecule has 0 amide bonds. The highest BCUT2D eigenvalue weighted by atomic mass is 16.6. The molecule has 3 aromatic rings. The van der Waals surface area contributed by atoms with Gasteiger partial charge in [-0.15, -0.1) is 0 Å². The van der Waals surface area contributed by atoms with Gasteiger partial charge < -0.3 is 9.47 Å². The topological polar surface area (TPSA) is 52.6 Å². The summed E-state index contributed by atoms with van der Waals surface area (Å²) in [5, 5.41) is 0. The molecule has 4 heteroatoms. The molecule has 0 bridgehead atoms. The van der Waals surface area contributed by atoms with Crippen molar-refractivity contribution >= 4 is 11.9 Å². The van der Waals surface area contributed by atoms with Gasteiger partial charge in [-0.05, 0) is 65.6 Å². The summed E-state index contributed by atoms with van der Waals surface area (Å²) < 4.78 is 10.9. The van der Waals surface area contributed by atoms with Gasteiger partial charge in [-0.3, -0.25) is 9.59 Å². The fourth-order valence-corrected chi connectivity index (χ4v) is 5.22. The SMILES string of the molecule is CCCCc1cc(-c2ccccc2)c2c(c1-c1ccccc1)CC(C(=O)OCC)(C(=O)OCC)C2. The van der Waals surface area contributed by atoms with Gasteiger partial charge in [-0.1, -0.05) is 80.1 Å². The van der Waals surface area contributed by atoms with Crippen LogP contribution in [0.15, 0.2) is 66.7 Å². The minimum atomic E-state index is -1.37. The maximum absolute atomic E-state index is 13.4. The first-order chi connectivity index (χ1) is 17.1. The van der Waals surface area contributed by atoms with Crippen molar-refractivity contribution in [1.29, 1.82) is 0 Å². The number of unbranched alkanes of at least 4 members (excludes halogenated alkanes) is 1. The largest absolute Gasteiger partial charge is 0.465 e. The Hall–Kier alpha value is -3.40. The lowest BCUT2D eigenvalue weighted by Crippen LogP contribution is -2.43. The van der Waals surface area contributed by atoms with Gasteiger partial charge in [0.05, 0.1) is 13.2 Å². The predicted molar refractivity (Wildman–Crippen MR) is 139 cm³/mol. The number of hydrogen-bond acceptors (Lipinski definition) is 4. The van der Waals surface area contributed by atoms with Crippen LogP contribution in [0.5, 0.6) is 0 Å². The van der Waals surface area contributed by atoms with Gasteiger partial charge in [0.25, 0.3) is 0 Å². The molecule has 0 spiro atoms. The molecular weight excluding hydrogens is 436 g/mol. The minimum Gasteiger partial charge on any atom is -0.465 e. The zero-order valence-corrected chi connectivity index (χ0v) is 20.9. The molecule has 0 unspecified atom stereocenters. The third-order valence-corrected chi connectivity index (χ3v) is 6.87. The number of esters is 2. The van der Waals surface area contributed by atoms with Crippen molar-refractivity contribution in [2.24, 2.45) is 5.41 Å². The number of hydrogen-bond donors (Lipinski definition) is 0. The molecule has 4 rings (SSSR count). The van der Waals surface area contributed by atoms with Crippen LogP contribution >= 0.6 is 0 Å². The van der Waals surface area contributed by atoms with Gasteiger partial charge in [-0.25, -0.2) is 0 Å². The van der Waals surface area contributed by atoms with Crippen LogP contribution in [0.25, 0.3) is 22.3 Å². The molecule has 35 heavy (non-hydrogen) atoms. The standard InChI is InChI=1S/C31H34O4/c1-4-7-14-24-19-25(22-15-10-8-11-16-22)26-20-31(29(32)34-5-2,30(33)35-6-3)21-27(26)28(24)23-17-12-9-13-18-23/h8-13,15-19H,4-7,14,20-21H2,1-3H3. The molecule has 1 aliphatic carbocycles. The number of aryl methyl sites for hydroxylation is 1. The Kier molecular flexibility index (Phi) is 7.70. The van der Waals surface area contributed by atoms with E-state index in [1.807, 2.05) is 36.4 Å². The molecule has 182 valence electrons. The van der Waals surface area contributed by atoms with Gasteiger partial charge in [0.1, 0.15) is 0 Å². The van der Waals surface area contributed by atoms with E-state index >= 15 is 0 Å². The molecule has 0 saturated heterocycles. The maximum atomic E-state index is 13.4. The van der Waals surface area contributed by atoms with Gasteiger partial charge >= 0.3 is 11.9 Å². The molecule has 0 aromatic heterocycles. The Balaban J connectivity index is 2.00. The van der Waals surface area contributed by atoms with Crippen LogP contribution < -0.4 is 0 Å². The third kappa shape index (κ3) is 4.75. The van der Waals surface area contributed by atoms with E-state index in [1.54, 1.807) is 13.8 Å². The van der Waals surface area contributed by atoms with Crippen LogP contribution in [0, 0.1) is 5.41 Å². The zero-order valence-electron chi connectivity index (χ0n) is 20.9. The summed E-state index contributed by atoms with van der Waals surface area (Å²) in [5.41, 5.74) is 6.40. The number of benzene rings is 3. The lowest BCUT2D eigenvalue weighted by Gasteiger charge is -2.24. The van der Waals surface area contributed by atoms with Gasteiger partial charge in [-0.2, -0.15) is 0 Å². The number of ether oxygens (including phenoxy) is 2. The average Bonchev–Trinajstić information content (AvgIpc) is 3.30. The van der Waals surface area contributed by atoms with E-state index < -0.39 is 17.4 Å². The second kappa shape index (κ2) is 10.9. The van der Waals surface area contributed by atoms with E-state index in [9.17, 15) is 9.59 Å². The first-order valence-electron chi connectivity index (χ1n) is 12.7. The molecule has 0 heterocycles. The Bertz CT molecular complexity index is 1160. The summed E-state index contributed by atoms with van der Waals surface area (Å²) in [7, 11) is 0. The summed E-state index contributed by atoms with van der Waals surface area (Å²) in [4.78, 5) is 26.8. The molecule has 0 N–H and O–H groups in total. The minimum absolute atomic E-state index is 0.217. The number of carbonyl (C=O) groups excluding carboxylic acids is 2. The first kappa shape index (κ1) is 24.7. The molecule has 0 radical (unpaired) electrons. The quantitative estimate of drug-likeness (QED) is 0.262. The van der Waals surface area contributed by atoms with E-state index in [2.05, 4.69) is 37.3 Å².